The van der Waals surface area contributed by atoms with E-state index in [9.17, 15) is 22.4 Å². The maximum Gasteiger partial charge on any atom is 0.407 e. The number of alkyl halides is 4. The standard InChI is InChI=1S/C26H30F4N2O4/c1-4-35-24(33)20(15-25(2,3)27)31-23(26(28,29)30)16-5-7-18-19-14-17(32-9-11-34-12-10-32)6-8-21(19)36-22(18)13-16/h5-8,13-14,20,23,31H,4,9-12,15H2,1-3H3/t20-,23?/m0/s1. The van der Waals surface area contributed by atoms with Crippen LogP contribution in [0.25, 0.3) is 21.9 Å². The number of halogens is 4. The minimum absolute atomic E-state index is 0.0300. The molecule has 196 valence electrons. The SMILES string of the molecule is CCOC(=O)[C@H](CC(C)(C)F)NC(c1ccc2c(c1)oc1ccc(N3CCOCC3)cc12)C(F)(F)F. The number of hydrogen-bond acceptors (Lipinski definition) is 6. The van der Waals surface area contributed by atoms with Crippen LogP contribution < -0.4 is 10.2 Å². The lowest BCUT2D eigenvalue weighted by Crippen LogP contribution is -2.47. The molecule has 10 heteroatoms. The van der Waals surface area contributed by atoms with Crippen LogP contribution in [0.2, 0.25) is 0 Å². The highest BCUT2D eigenvalue weighted by molar-refractivity contribution is 6.06. The van der Waals surface area contributed by atoms with Crippen LogP contribution in [0.15, 0.2) is 40.8 Å². The Labute approximate surface area is 206 Å². The summed E-state index contributed by atoms with van der Waals surface area (Å²) < 4.78 is 73.0. The summed E-state index contributed by atoms with van der Waals surface area (Å²) in [6.07, 6.45) is -5.23. The molecule has 1 saturated heterocycles. The van der Waals surface area contributed by atoms with Gasteiger partial charge in [-0.3, -0.25) is 10.1 Å². The molecule has 1 fully saturated rings. The average Bonchev–Trinajstić information content (AvgIpc) is 3.18. The van der Waals surface area contributed by atoms with Gasteiger partial charge in [-0.15, -0.1) is 0 Å². The Bertz CT molecular complexity index is 1210. The van der Waals surface area contributed by atoms with Crippen LogP contribution in [0.5, 0.6) is 0 Å². The van der Waals surface area contributed by atoms with Gasteiger partial charge in [-0.1, -0.05) is 12.1 Å². The maximum absolute atomic E-state index is 14.3. The molecule has 1 aliphatic rings. The van der Waals surface area contributed by atoms with Gasteiger partial charge in [0.25, 0.3) is 0 Å². The van der Waals surface area contributed by atoms with Gasteiger partial charge in [-0.2, -0.15) is 13.2 Å². The van der Waals surface area contributed by atoms with Crippen LogP contribution in [-0.2, 0) is 14.3 Å². The molecule has 4 rings (SSSR count). The number of nitrogens with zero attached hydrogens (tertiary/aromatic N) is 1. The molecule has 2 heterocycles. The predicted molar refractivity (Wildman–Crippen MR) is 129 cm³/mol. The highest BCUT2D eigenvalue weighted by Gasteiger charge is 2.44. The summed E-state index contributed by atoms with van der Waals surface area (Å²) in [7, 11) is 0. The van der Waals surface area contributed by atoms with Crippen LogP contribution in [0.1, 0.15) is 38.8 Å². The van der Waals surface area contributed by atoms with E-state index >= 15 is 0 Å². The summed E-state index contributed by atoms with van der Waals surface area (Å²) in [6.45, 7) is 6.68. The zero-order valence-electron chi connectivity index (χ0n) is 20.5. The van der Waals surface area contributed by atoms with E-state index in [2.05, 4.69) is 10.2 Å². The second-order valence-electron chi connectivity index (χ2n) is 9.51. The van der Waals surface area contributed by atoms with E-state index in [0.29, 0.717) is 24.2 Å². The summed E-state index contributed by atoms with van der Waals surface area (Å²) in [5, 5.41) is 3.77. The maximum atomic E-state index is 14.3. The first-order valence-corrected chi connectivity index (χ1v) is 11.9. The minimum Gasteiger partial charge on any atom is -0.465 e. The number of nitrogens with one attached hydrogen (secondary N) is 1. The van der Waals surface area contributed by atoms with Crippen LogP contribution >= 0.6 is 0 Å². The lowest BCUT2D eigenvalue weighted by Gasteiger charge is -2.29. The first-order valence-electron chi connectivity index (χ1n) is 11.9. The quantitative estimate of drug-likeness (QED) is 0.311. The summed E-state index contributed by atoms with van der Waals surface area (Å²) >= 11 is 0. The number of ether oxygens (including phenoxy) is 2. The fourth-order valence-electron chi connectivity index (χ4n) is 4.50. The molecule has 1 N–H and O–H groups in total. The van der Waals surface area contributed by atoms with Gasteiger partial charge in [0.2, 0.25) is 0 Å². The summed E-state index contributed by atoms with van der Waals surface area (Å²) in [5.74, 6) is -0.932. The number of carbonyl (C=O) groups is 1. The Morgan fingerprint density at radius 1 is 1.06 bits per heavy atom. The van der Waals surface area contributed by atoms with Gasteiger partial charge in [-0.25, -0.2) is 4.39 Å². The summed E-state index contributed by atoms with van der Waals surface area (Å²) in [5.41, 5.74) is -0.205. The van der Waals surface area contributed by atoms with E-state index in [-0.39, 0.29) is 17.8 Å². The van der Waals surface area contributed by atoms with Gasteiger partial charge in [0.1, 0.15) is 28.9 Å². The molecule has 2 atom stereocenters. The molecule has 0 bridgehead atoms. The van der Waals surface area contributed by atoms with Gasteiger partial charge < -0.3 is 18.8 Å². The summed E-state index contributed by atoms with van der Waals surface area (Å²) in [6, 6.07) is 6.23. The third-order valence-electron chi connectivity index (χ3n) is 6.14. The van der Waals surface area contributed by atoms with Crippen LogP contribution in [0.4, 0.5) is 23.2 Å². The Kier molecular flexibility index (Phi) is 7.47. The van der Waals surface area contributed by atoms with Gasteiger partial charge in [0, 0.05) is 36.0 Å². The fourth-order valence-corrected chi connectivity index (χ4v) is 4.50. The van der Waals surface area contributed by atoms with Crippen LogP contribution in [0, 0.1) is 0 Å². The van der Waals surface area contributed by atoms with E-state index in [0.717, 1.165) is 24.2 Å². The van der Waals surface area contributed by atoms with Gasteiger partial charge >= 0.3 is 12.1 Å². The Morgan fingerprint density at radius 3 is 2.42 bits per heavy atom. The number of fused-ring (bicyclic) bond motifs is 3. The lowest BCUT2D eigenvalue weighted by atomic mass is 9.97. The molecule has 36 heavy (non-hydrogen) atoms. The Hall–Kier alpha value is -2.85. The number of hydrogen-bond donors (Lipinski definition) is 1. The molecule has 0 radical (unpaired) electrons. The van der Waals surface area contributed by atoms with Crippen molar-refractivity contribution in [3.63, 3.8) is 0 Å². The van der Waals surface area contributed by atoms with E-state index < -0.39 is 36.3 Å². The molecule has 0 saturated carbocycles. The van der Waals surface area contributed by atoms with E-state index in [1.165, 1.54) is 32.9 Å². The molecule has 1 aliphatic heterocycles. The first-order chi connectivity index (χ1) is 17.0. The van der Waals surface area contributed by atoms with Crippen molar-refractivity contribution in [1.82, 2.24) is 5.32 Å². The second-order valence-corrected chi connectivity index (χ2v) is 9.51. The number of furan rings is 1. The third-order valence-corrected chi connectivity index (χ3v) is 6.14. The van der Waals surface area contributed by atoms with Gasteiger partial charge in [-0.05, 0) is 50.6 Å². The molecule has 0 amide bonds. The largest absolute Gasteiger partial charge is 0.465 e. The van der Waals surface area contributed by atoms with Gasteiger partial charge in [0.05, 0.1) is 19.8 Å². The van der Waals surface area contributed by atoms with Crippen molar-refractivity contribution >= 4 is 33.6 Å². The number of morpholine rings is 1. The number of rotatable bonds is 8. The molecule has 0 spiro atoms. The van der Waals surface area contributed by atoms with E-state index in [1.807, 2.05) is 12.1 Å². The minimum atomic E-state index is -4.76. The number of anilines is 1. The number of carbonyl (C=O) groups excluding carboxylic acids is 1. The van der Waals surface area contributed by atoms with Crippen molar-refractivity contribution in [3.8, 4) is 0 Å². The van der Waals surface area contributed by atoms with Gasteiger partial charge in [0.15, 0.2) is 0 Å². The van der Waals surface area contributed by atoms with Crippen molar-refractivity contribution in [2.75, 3.05) is 37.8 Å². The lowest BCUT2D eigenvalue weighted by molar-refractivity contribution is -0.165. The zero-order valence-corrected chi connectivity index (χ0v) is 20.5. The third kappa shape index (κ3) is 5.92. The van der Waals surface area contributed by atoms with Crippen LogP contribution in [0.3, 0.4) is 0 Å². The van der Waals surface area contributed by atoms with Crippen molar-refractivity contribution in [3.05, 3.63) is 42.0 Å². The van der Waals surface area contributed by atoms with Crippen molar-refractivity contribution in [2.24, 2.45) is 0 Å². The average molecular weight is 511 g/mol. The zero-order chi connectivity index (χ0) is 26.1. The highest BCUT2D eigenvalue weighted by atomic mass is 19.4. The Morgan fingerprint density at radius 2 is 1.78 bits per heavy atom. The molecule has 3 aromatic rings. The molecule has 1 aromatic heterocycles. The second kappa shape index (κ2) is 10.3. The highest BCUT2D eigenvalue weighted by Crippen LogP contribution is 2.38. The topological polar surface area (TPSA) is 63.9 Å². The smallest absolute Gasteiger partial charge is 0.407 e. The van der Waals surface area contributed by atoms with Crippen molar-refractivity contribution in [1.29, 1.82) is 0 Å². The molecular formula is C26H30F4N2O4. The Balaban J connectivity index is 1.69. The van der Waals surface area contributed by atoms with Crippen molar-refractivity contribution in [2.45, 2.75) is 51.1 Å². The molecule has 0 aliphatic carbocycles. The fraction of sp³-hybridized carbons (Fsp3) is 0.500. The van der Waals surface area contributed by atoms with E-state index in [1.54, 1.807) is 12.1 Å². The predicted octanol–water partition coefficient (Wildman–Crippen LogP) is 5.69. The molecule has 1 unspecified atom stereocenters. The molecular weight excluding hydrogens is 480 g/mol. The molecule has 2 aromatic carbocycles. The normalized spacial score (nSPS) is 16.9. The van der Waals surface area contributed by atoms with Crippen molar-refractivity contribution < 1.29 is 36.2 Å². The first kappa shape index (κ1) is 26.2. The van der Waals surface area contributed by atoms with Crippen LogP contribution in [-0.4, -0.2) is 56.8 Å². The number of benzene rings is 2. The van der Waals surface area contributed by atoms with E-state index in [4.69, 9.17) is 13.9 Å². The summed E-state index contributed by atoms with van der Waals surface area (Å²) in [4.78, 5) is 14.5. The number of esters is 1. The monoisotopic (exact) mass is 510 g/mol. The molecule has 6 nitrogen and oxygen atoms in total.